The molecule has 4 aromatic heterocycles. The summed E-state index contributed by atoms with van der Waals surface area (Å²) in [6.45, 7) is 0.583. The van der Waals surface area contributed by atoms with Gasteiger partial charge in [-0.15, -0.1) is 23.7 Å². The van der Waals surface area contributed by atoms with Gasteiger partial charge in [0.05, 0.1) is 12.0 Å². The van der Waals surface area contributed by atoms with E-state index in [9.17, 15) is 5.21 Å². The van der Waals surface area contributed by atoms with Crippen molar-refractivity contribution in [2.24, 2.45) is 5.16 Å². The zero-order valence-corrected chi connectivity index (χ0v) is 18.6. The molecule has 162 valence electrons. The van der Waals surface area contributed by atoms with Crippen molar-refractivity contribution < 1.29 is 14.4 Å². The molecule has 0 saturated carbocycles. The van der Waals surface area contributed by atoms with Crippen molar-refractivity contribution in [3.8, 4) is 17.2 Å². The summed E-state index contributed by atoms with van der Waals surface area (Å²) >= 11 is 1.65. The van der Waals surface area contributed by atoms with E-state index in [2.05, 4.69) is 15.1 Å². The summed E-state index contributed by atoms with van der Waals surface area (Å²) in [4.78, 5) is 8.51. The van der Waals surface area contributed by atoms with Crippen molar-refractivity contribution in [2.75, 3.05) is 6.61 Å². The van der Waals surface area contributed by atoms with Gasteiger partial charge in [-0.25, -0.2) is 0 Å². The minimum atomic E-state index is 0. The molecule has 0 saturated heterocycles. The molecule has 8 heteroatoms. The Morgan fingerprint density at radius 1 is 1.06 bits per heavy atom. The number of thiophene rings is 1. The molecule has 0 spiro atoms. The normalized spacial score (nSPS) is 11.6. The highest BCUT2D eigenvalue weighted by Crippen LogP contribution is 2.27. The van der Waals surface area contributed by atoms with Crippen molar-refractivity contribution in [1.29, 1.82) is 0 Å². The Hall–Kier alpha value is -3.42. The third-order valence-electron chi connectivity index (χ3n) is 5.04. The number of hydrogen-bond acceptors (Lipinski definition) is 7. The van der Waals surface area contributed by atoms with Crippen LogP contribution in [0.2, 0.25) is 0 Å². The number of pyridine rings is 2. The smallest absolute Gasteiger partial charge is 0.155 e. The van der Waals surface area contributed by atoms with Crippen LogP contribution in [-0.2, 0) is 6.42 Å². The predicted molar refractivity (Wildman–Crippen MR) is 127 cm³/mol. The molecule has 0 aliphatic heterocycles. The number of halogens is 1. The van der Waals surface area contributed by atoms with Gasteiger partial charge in [-0.05, 0) is 66.2 Å². The second-order valence-corrected chi connectivity index (χ2v) is 8.04. The van der Waals surface area contributed by atoms with Crippen LogP contribution in [0.15, 0.2) is 82.1 Å². The average Bonchev–Trinajstić information content (AvgIpc) is 3.30. The van der Waals surface area contributed by atoms with E-state index >= 15 is 0 Å². The molecule has 0 aliphatic rings. The van der Waals surface area contributed by atoms with Gasteiger partial charge in [0.25, 0.3) is 0 Å². The summed E-state index contributed by atoms with van der Waals surface area (Å²) in [5.74, 6) is 1.25. The lowest BCUT2D eigenvalue weighted by atomic mass is 10.1. The fourth-order valence-electron chi connectivity index (χ4n) is 3.45. The summed E-state index contributed by atoms with van der Waals surface area (Å²) < 4.78 is 13.1. The lowest BCUT2D eigenvalue weighted by Crippen LogP contribution is -2.05. The fourth-order valence-corrected chi connectivity index (χ4v) is 4.25. The van der Waals surface area contributed by atoms with Crippen LogP contribution in [0.1, 0.15) is 12.0 Å². The molecular formula is C24H20ClN3O3S. The van der Waals surface area contributed by atoms with E-state index in [0.717, 1.165) is 22.9 Å². The van der Waals surface area contributed by atoms with Gasteiger partial charge in [-0.2, -0.15) is 0 Å². The minimum Gasteiger partial charge on any atom is -0.494 e. The molecule has 0 fully saturated rings. The highest BCUT2D eigenvalue weighted by molar-refractivity contribution is 7.17. The van der Waals surface area contributed by atoms with E-state index in [4.69, 9.17) is 9.15 Å². The van der Waals surface area contributed by atoms with E-state index in [-0.39, 0.29) is 12.4 Å². The van der Waals surface area contributed by atoms with Crippen LogP contribution in [0.5, 0.6) is 5.75 Å². The molecule has 32 heavy (non-hydrogen) atoms. The Morgan fingerprint density at radius 3 is 2.78 bits per heavy atom. The van der Waals surface area contributed by atoms with E-state index in [1.54, 1.807) is 29.8 Å². The number of benzene rings is 1. The molecule has 1 aromatic carbocycles. The van der Waals surface area contributed by atoms with E-state index < -0.39 is 0 Å². The minimum absolute atomic E-state index is 0. The van der Waals surface area contributed by atoms with Crippen LogP contribution in [0, 0.1) is 0 Å². The highest BCUT2D eigenvalue weighted by atomic mass is 35.5. The van der Waals surface area contributed by atoms with Gasteiger partial charge < -0.3 is 14.4 Å². The summed E-state index contributed by atoms with van der Waals surface area (Å²) in [5.41, 5.74) is 2.53. The van der Waals surface area contributed by atoms with Crippen LogP contribution < -0.4 is 10.1 Å². The molecule has 0 atom stereocenters. The van der Waals surface area contributed by atoms with E-state index in [0.29, 0.717) is 40.1 Å². The van der Waals surface area contributed by atoms with Gasteiger partial charge in [0.15, 0.2) is 5.76 Å². The van der Waals surface area contributed by atoms with Crippen molar-refractivity contribution in [3.05, 3.63) is 83.4 Å². The first kappa shape index (κ1) is 21.8. The molecule has 0 unspecified atom stereocenters. The van der Waals surface area contributed by atoms with Gasteiger partial charge in [0, 0.05) is 34.7 Å². The molecule has 0 aliphatic carbocycles. The third-order valence-corrected chi connectivity index (χ3v) is 5.92. The van der Waals surface area contributed by atoms with Gasteiger partial charge in [0.2, 0.25) is 0 Å². The quantitative estimate of drug-likeness (QED) is 0.194. The molecular weight excluding hydrogens is 446 g/mol. The highest BCUT2D eigenvalue weighted by Gasteiger charge is 2.10. The number of rotatable bonds is 6. The predicted octanol–water partition coefficient (Wildman–Crippen LogP) is 5.83. The first-order valence-corrected chi connectivity index (χ1v) is 10.8. The Bertz CT molecular complexity index is 1420. The third kappa shape index (κ3) is 4.59. The van der Waals surface area contributed by atoms with Gasteiger partial charge in [0.1, 0.15) is 22.4 Å². The average molecular weight is 466 g/mol. The first-order valence-electron chi connectivity index (χ1n) is 9.91. The molecule has 0 amide bonds. The Labute approximate surface area is 194 Å². The fraction of sp³-hybridized carbons (Fsp3) is 0.125. The monoisotopic (exact) mass is 465 g/mol. The lowest BCUT2D eigenvalue weighted by molar-refractivity contribution is 0.302. The maximum Gasteiger partial charge on any atom is 0.155 e. The van der Waals surface area contributed by atoms with Crippen molar-refractivity contribution in [2.45, 2.75) is 12.8 Å². The lowest BCUT2D eigenvalue weighted by Gasteiger charge is -2.08. The molecule has 5 aromatic rings. The number of nitrogens with zero attached hydrogens (tertiary/aromatic N) is 3. The first-order chi connectivity index (χ1) is 15.3. The second-order valence-electron chi connectivity index (χ2n) is 7.09. The summed E-state index contributed by atoms with van der Waals surface area (Å²) in [6, 6.07) is 15.2. The number of aryl methyl sites for hydroxylation is 1. The molecule has 1 N–H and O–H groups in total. The standard InChI is InChI=1S/C24H19N3O3S.ClH/c28-27-20-13-23(21-14-24-17(15-26-21)7-11-31-24)30-22-4-3-18(12-19(20)22)29-10-1-2-16-5-8-25-9-6-16;/h3-9,11-15,28H,1-2,10H2;1H/b27-20-;. The topological polar surface area (TPSA) is 80.7 Å². The van der Waals surface area contributed by atoms with Gasteiger partial charge in [-0.3, -0.25) is 9.97 Å². The molecule has 5 rings (SSSR count). The molecule has 6 nitrogen and oxygen atoms in total. The maximum absolute atomic E-state index is 9.60. The molecule has 0 radical (unpaired) electrons. The number of hydrogen-bond donors (Lipinski definition) is 1. The van der Waals surface area contributed by atoms with Crippen molar-refractivity contribution >= 4 is 44.8 Å². The van der Waals surface area contributed by atoms with Crippen LogP contribution in [0.4, 0.5) is 0 Å². The molecule has 0 bridgehead atoms. The zero-order chi connectivity index (χ0) is 21.0. The van der Waals surface area contributed by atoms with Gasteiger partial charge in [-0.1, -0.05) is 5.16 Å². The summed E-state index contributed by atoms with van der Waals surface area (Å²) in [7, 11) is 0. The summed E-state index contributed by atoms with van der Waals surface area (Å²) in [5, 5.41) is 17.3. The van der Waals surface area contributed by atoms with Gasteiger partial charge >= 0.3 is 0 Å². The van der Waals surface area contributed by atoms with E-state index in [1.807, 2.05) is 54.0 Å². The maximum atomic E-state index is 9.60. The van der Waals surface area contributed by atoms with Crippen molar-refractivity contribution in [1.82, 2.24) is 9.97 Å². The number of aromatic nitrogens is 2. The van der Waals surface area contributed by atoms with Crippen molar-refractivity contribution in [3.63, 3.8) is 0 Å². The van der Waals surface area contributed by atoms with Crippen LogP contribution >= 0.6 is 23.7 Å². The largest absolute Gasteiger partial charge is 0.494 e. The number of ether oxygens (including phenoxy) is 1. The molecule has 4 heterocycles. The second kappa shape index (κ2) is 9.80. The zero-order valence-electron chi connectivity index (χ0n) is 17.0. The Morgan fingerprint density at radius 2 is 1.94 bits per heavy atom. The number of fused-ring (bicyclic) bond motifs is 2. The summed E-state index contributed by atoms with van der Waals surface area (Å²) in [6.07, 6.45) is 7.23. The Balaban J connectivity index is 0.00000245. The van der Waals surface area contributed by atoms with E-state index in [1.165, 1.54) is 5.56 Å². The van der Waals surface area contributed by atoms with Crippen LogP contribution in [-0.4, -0.2) is 21.8 Å². The Kier molecular flexibility index (Phi) is 6.68. The van der Waals surface area contributed by atoms with Crippen LogP contribution in [0.3, 0.4) is 0 Å². The SMILES string of the molecule is Cl.O/N=c1/cc(-c2cc3sccc3cn2)oc2ccc(OCCCc3ccncc3)cc12. The van der Waals surface area contributed by atoms with Crippen LogP contribution in [0.25, 0.3) is 32.5 Å².